The highest BCUT2D eigenvalue weighted by Crippen LogP contribution is 2.23. The molecule has 0 spiro atoms. The fraction of sp³-hybridized carbons (Fsp3) is 0.500. The maximum absolute atomic E-state index is 12.4. The number of carbonyl (C=O) groups excluding carboxylic acids is 1. The van der Waals surface area contributed by atoms with Gasteiger partial charge in [0.05, 0.1) is 6.10 Å². The van der Waals surface area contributed by atoms with Gasteiger partial charge in [0, 0.05) is 29.0 Å². The minimum atomic E-state index is -0.339. The molecule has 1 aromatic rings. The summed E-state index contributed by atoms with van der Waals surface area (Å²) in [6, 6.07) is 5.70. The van der Waals surface area contributed by atoms with E-state index in [9.17, 15) is 9.90 Å². The lowest BCUT2D eigenvalue weighted by molar-refractivity contribution is 0.0762. The molecule has 1 aliphatic heterocycles. The van der Waals surface area contributed by atoms with Crippen LogP contribution < -0.4 is 0 Å². The Morgan fingerprint density at radius 3 is 2.83 bits per heavy atom. The van der Waals surface area contributed by atoms with E-state index in [1.54, 1.807) is 6.92 Å². The summed E-state index contributed by atoms with van der Waals surface area (Å²) in [6.45, 7) is 5.14. The lowest BCUT2D eigenvalue weighted by Gasteiger charge is -2.19. The number of aliphatic hydroxyl groups is 1. The summed E-state index contributed by atoms with van der Waals surface area (Å²) < 4.78 is 0.986. The minimum Gasteiger partial charge on any atom is -0.393 e. The van der Waals surface area contributed by atoms with Crippen LogP contribution in [0.5, 0.6) is 0 Å². The van der Waals surface area contributed by atoms with Crippen LogP contribution in [0.2, 0.25) is 0 Å². The number of rotatable bonds is 2. The van der Waals surface area contributed by atoms with E-state index in [4.69, 9.17) is 0 Å². The zero-order valence-corrected chi connectivity index (χ0v) is 12.3. The number of nitrogens with zero attached hydrogens (tertiary/aromatic N) is 1. The quantitative estimate of drug-likeness (QED) is 0.912. The molecule has 0 bridgehead atoms. The van der Waals surface area contributed by atoms with Crippen molar-refractivity contribution in [1.82, 2.24) is 4.90 Å². The Morgan fingerprint density at radius 1 is 1.56 bits per heavy atom. The van der Waals surface area contributed by atoms with Gasteiger partial charge in [-0.15, -0.1) is 0 Å². The number of benzene rings is 1. The third-order valence-electron chi connectivity index (χ3n) is 3.61. The first-order valence-electron chi connectivity index (χ1n) is 6.22. The third-order valence-corrected chi connectivity index (χ3v) is 4.11. The molecule has 2 rings (SSSR count). The number of hydrogen-bond donors (Lipinski definition) is 1. The molecule has 0 radical (unpaired) electrons. The standard InChI is InChI=1S/C14H18BrNO2/c1-9-7-12(15)3-4-13(9)14(18)16-6-5-11(8-16)10(2)17/h3-4,7,10-11,17H,5-6,8H2,1-2H3. The summed E-state index contributed by atoms with van der Waals surface area (Å²) >= 11 is 3.40. The van der Waals surface area contributed by atoms with Crippen LogP contribution in [-0.2, 0) is 0 Å². The van der Waals surface area contributed by atoms with Crippen LogP contribution in [0.25, 0.3) is 0 Å². The lowest BCUT2D eigenvalue weighted by Crippen LogP contribution is -2.30. The smallest absolute Gasteiger partial charge is 0.254 e. The number of amides is 1. The highest BCUT2D eigenvalue weighted by atomic mass is 79.9. The van der Waals surface area contributed by atoms with Gasteiger partial charge in [0.15, 0.2) is 0 Å². The van der Waals surface area contributed by atoms with Gasteiger partial charge in [-0.1, -0.05) is 15.9 Å². The average molecular weight is 312 g/mol. The van der Waals surface area contributed by atoms with Gasteiger partial charge in [-0.25, -0.2) is 0 Å². The third kappa shape index (κ3) is 2.75. The van der Waals surface area contributed by atoms with Crippen LogP contribution in [0.1, 0.15) is 29.3 Å². The maximum atomic E-state index is 12.4. The van der Waals surface area contributed by atoms with Gasteiger partial charge in [-0.3, -0.25) is 4.79 Å². The molecule has 1 amide bonds. The highest BCUT2D eigenvalue weighted by Gasteiger charge is 2.29. The average Bonchev–Trinajstić information content (AvgIpc) is 2.77. The molecule has 2 atom stereocenters. The molecule has 0 aromatic heterocycles. The van der Waals surface area contributed by atoms with Crippen molar-refractivity contribution in [1.29, 1.82) is 0 Å². The number of aliphatic hydroxyl groups excluding tert-OH is 1. The van der Waals surface area contributed by atoms with Gasteiger partial charge < -0.3 is 10.0 Å². The second-order valence-corrected chi connectivity index (χ2v) is 5.92. The predicted octanol–water partition coefficient (Wildman–Crippen LogP) is 2.60. The van der Waals surface area contributed by atoms with Crippen LogP contribution in [0.3, 0.4) is 0 Å². The summed E-state index contributed by atoms with van der Waals surface area (Å²) in [5.41, 5.74) is 1.74. The monoisotopic (exact) mass is 311 g/mol. The molecule has 0 aliphatic carbocycles. The Balaban J connectivity index is 2.13. The first-order valence-corrected chi connectivity index (χ1v) is 7.02. The molecule has 4 heteroatoms. The second-order valence-electron chi connectivity index (χ2n) is 5.00. The van der Waals surface area contributed by atoms with E-state index in [0.29, 0.717) is 6.54 Å². The van der Waals surface area contributed by atoms with E-state index in [0.717, 1.165) is 28.6 Å². The fourth-order valence-electron chi connectivity index (χ4n) is 2.40. The zero-order valence-electron chi connectivity index (χ0n) is 10.7. The van der Waals surface area contributed by atoms with Gasteiger partial charge in [-0.2, -0.15) is 0 Å². The molecular weight excluding hydrogens is 294 g/mol. The molecule has 3 nitrogen and oxygen atoms in total. The van der Waals surface area contributed by atoms with E-state index in [1.165, 1.54) is 0 Å². The number of aryl methyl sites for hydroxylation is 1. The Hall–Kier alpha value is -0.870. The molecule has 1 heterocycles. The van der Waals surface area contributed by atoms with Crippen molar-refractivity contribution in [3.8, 4) is 0 Å². The fourth-order valence-corrected chi connectivity index (χ4v) is 2.88. The molecule has 1 saturated heterocycles. The lowest BCUT2D eigenvalue weighted by atomic mass is 10.0. The van der Waals surface area contributed by atoms with E-state index in [2.05, 4.69) is 15.9 Å². The summed E-state index contributed by atoms with van der Waals surface area (Å²) in [7, 11) is 0. The van der Waals surface area contributed by atoms with Crippen molar-refractivity contribution in [3.05, 3.63) is 33.8 Å². The number of halogens is 1. The highest BCUT2D eigenvalue weighted by molar-refractivity contribution is 9.10. The second kappa shape index (κ2) is 5.41. The van der Waals surface area contributed by atoms with Gasteiger partial charge in [-0.05, 0) is 44.0 Å². The number of likely N-dealkylation sites (tertiary alicyclic amines) is 1. The maximum Gasteiger partial charge on any atom is 0.254 e. The van der Waals surface area contributed by atoms with E-state index < -0.39 is 0 Å². The van der Waals surface area contributed by atoms with Gasteiger partial charge in [0.2, 0.25) is 0 Å². The van der Waals surface area contributed by atoms with Crippen LogP contribution in [0.15, 0.2) is 22.7 Å². The Labute approximate surface area is 116 Å². The molecular formula is C14H18BrNO2. The molecule has 1 aliphatic rings. The predicted molar refractivity (Wildman–Crippen MR) is 74.6 cm³/mol. The van der Waals surface area contributed by atoms with Crippen molar-refractivity contribution in [2.45, 2.75) is 26.4 Å². The summed E-state index contributed by atoms with van der Waals surface area (Å²) in [4.78, 5) is 14.2. The molecule has 0 saturated carbocycles. The Bertz CT molecular complexity index is 459. The topological polar surface area (TPSA) is 40.5 Å². The molecule has 1 fully saturated rings. The first-order chi connectivity index (χ1) is 8.49. The Kier molecular flexibility index (Phi) is 4.07. The summed E-state index contributed by atoms with van der Waals surface area (Å²) in [5, 5.41) is 9.57. The van der Waals surface area contributed by atoms with Crippen molar-refractivity contribution < 1.29 is 9.90 Å². The van der Waals surface area contributed by atoms with Crippen LogP contribution >= 0.6 is 15.9 Å². The minimum absolute atomic E-state index is 0.0724. The van der Waals surface area contributed by atoms with E-state index in [-0.39, 0.29) is 17.9 Å². The zero-order chi connectivity index (χ0) is 13.3. The molecule has 2 unspecified atom stereocenters. The van der Waals surface area contributed by atoms with Gasteiger partial charge in [0.1, 0.15) is 0 Å². The normalized spacial score (nSPS) is 21.1. The Morgan fingerprint density at radius 2 is 2.28 bits per heavy atom. The van der Waals surface area contributed by atoms with Gasteiger partial charge >= 0.3 is 0 Å². The van der Waals surface area contributed by atoms with Crippen LogP contribution in [0, 0.1) is 12.8 Å². The SMILES string of the molecule is Cc1cc(Br)ccc1C(=O)N1CCC(C(C)O)C1. The van der Waals surface area contributed by atoms with Crippen molar-refractivity contribution >= 4 is 21.8 Å². The largest absolute Gasteiger partial charge is 0.393 e. The summed E-state index contributed by atoms with van der Waals surface area (Å²) in [5.74, 6) is 0.285. The van der Waals surface area contributed by atoms with Crippen molar-refractivity contribution in [2.75, 3.05) is 13.1 Å². The molecule has 18 heavy (non-hydrogen) atoms. The molecule has 98 valence electrons. The van der Waals surface area contributed by atoms with Gasteiger partial charge in [0.25, 0.3) is 5.91 Å². The van der Waals surface area contributed by atoms with Crippen molar-refractivity contribution in [3.63, 3.8) is 0 Å². The molecule has 1 aromatic carbocycles. The summed E-state index contributed by atoms with van der Waals surface area (Å²) in [6.07, 6.45) is 0.549. The van der Waals surface area contributed by atoms with Crippen molar-refractivity contribution in [2.24, 2.45) is 5.92 Å². The number of carbonyl (C=O) groups is 1. The van der Waals surface area contributed by atoms with E-state index >= 15 is 0 Å². The van der Waals surface area contributed by atoms with Crippen LogP contribution in [0.4, 0.5) is 0 Å². The first kappa shape index (κ1) is 13.6. The number of hydrogen-bond acceptors (Lipinski definition) is 2. The molecule has 1 N–H and O–H groups in total. The van der Waals surface area contributed by atoms with E-state index in [1.807, 2.05) is 30.0 Å². The van der Waals surface area contributed by atoms with Crippen LogP contribution in [-0.4, -0.2) is 35.1 Å².